The van der Waals surface area contributed by atoms with Gasteiger partial charge in [-0.05, 0) is 39.3 Å². The van der Waals surface area contributed by atoms with Crippen molar-refractivity contribution in [2.75, 3.05) is 6.54 Å². The van der Waals surface area contributed by atoms with Crippen LogP contribution in [-0.4, -0.2) is 38.5 Å². The average molecular weight is 322 g/mol. The topological polar surface area (TPSA) is 115 Å². The van der Waals surface area contributed by atoms with Crippen LogP contribution in [0.4, 0.5) is 4.79 Å². The Morgan fingerprint density at radius 2 is 2.04 bits per heavy atom. The van der Waals surface area contributed by atoms with E-state index in [4.69, 9.17) is 5.11 Å². The number of nitrogens with one attached hydrogen (secondary N) is 2. The summed E-state index contributed by atoms with van der Waals surface area (Å²) in [6.45, 7) is 7.97. The molecule has 1 aromatic carbocycles. The molecule has 0 aliphatic heterocycles. The SMILES string of the molecule is Cc1c(OC(=O)O)[nH]c2c(O)ccc(C(O)CNC(C)(C)C)c12. The van der Waals surface area contributed by atoms with Crippen LogP contribution in [0, 0.1) is 6.92 Å². The smallest absolute Gasteiger partial charge is 0.506 e. The van der Waals surface area contributed by atoms with Crippen LogP contribution in [0.25, 0.3) is 10.9 Å². The molecule has 1 aromatic heterocycles. The average Bonchev–Trinajstić information content (AvgIpc) is 2.74. The van der Waals surface area contributed by atoms with Crippen molar-refractivity contribution < 1.29 is 24.9 Å². The van der Waals surface area contributed by atoms with Crippen LogP contribution in [0.3, 0.4) is 0 Å². The van der Waals surface area contributed by atoms with Gasteiger partial charge in [0.2, 0.25) is 5.88 Å². The zero-order chi connectivity index (χ0) is 17.4. The predicted molar refractivity (Wildman–Crippen MR) is 86.1 cm³/mol. The van der Waals surface area contributed by atoms with Crippen molar-refractivity contribution >= 4 is 17.1 Å². The van der Waals surface area contributed by atoms with Gasteiger partial charge in [-0.25, -0.2) is 4.79 Å². The van der Waals surface area contributed by atoms with E-state index >= 15 is 0 Å². The molecular weight excluding hydrogens is 300 g/mol. The van der Waals surface area contributed by atoms with Gasteiger partial charge < -0.3 is 30.4 Å². The summed E-state index contributed by atoms with van der Waals surface area (Å²) < 4.78 is 4.69. The highest BCUT2D eigenvalue weighted by Crippen LogP contribution is 2.37. The number of β-amino-alcohol motifs (C(OH)–C–C–N with tert-alkyl or cyclic N) is 1. The van der Waals surface area contributed by atoms with Crippen molar-refractivity contribution in [2.45, 2.75) is 39.3 Å². The van der Waals surface area contributed by atoms with Gasteiger partial charge in [0, 0.05) is 23.0 Å². The Bertz CT molecular complexity index is 730. The maximum Gasteiger partial charge on any atom is 0.512 e. The summed E-state index contributed by atoms with van der Waals surface area (Å²) in [6.07, 6.45) is -2.26. The molecule has 0 fully saturated rings. The van der Waals surface area contributed by atoms with E-state index in [2.05, 4.69) is 15.0 Å². The normalized spacial score (nSPS) is 13.3. The predicted octanol–water partition coefficient (Wildman–Crippen LogP) is 2.66. The number of rotatable bonds is 4. The van der Waals surface area contributed by atoms with Crippen molar-refractivity contribution in [3.05, 3.63) is 23.3 Å². The summed E-state index contributed by atoms with van der Waals surface area (Å²) >= 11 is 0. The monoisotopic (exact) mass is 322 g/mol. The number of phenols is 1. The minimum Gasteiger partial charge on any atom is -0.506 e. The van der Waals surface area contributed by atoms with Gasteiger partial charge in [-0.2, -0.15) is 0 Å². The van der Waals surface area contributed by atoms with Crippen LogP contribution < -0.4 is 10.1 Å². The Balaban J connectivity index is 2.46. The van der Waals surface area contributed by atoms with E-state index in [0.29, 0.717) is 28.6 Å². The van der Waals surface area contributed by atoms with E-state index in [1.807, 2.05) is 20.8 Å². The third-order valence-electron chi connectivity index (χ3n) is 3.54. The Morgan fingerprint density at radius 1 is 1.39 bits per heavy atom. The number of H-pyrrole nitrogens is 1. The van der Waals surface area contributed by atoms with Gasteiger partial charge in [0.15, 0.2) is 0 Å². The molecule has 0 aliphatic rings. The molecule has 23 heavy (non-hydrogen) atoms. The molecule has 0 saturated carbocycles. The molecule has 7 nitrogen and oxygen atoms in total. The molecule has 5 N–H and O–H groups in total. The number of aliphatic hydroxyl groups excluding tert-OH is 1. The highest BCUT2D eigenvalue weighted by molar-refractivity contribution is 5.93. The first-order valence-corrected chi connectivity index (χ1v) is 7.28. The number of hydrogen-bond acceptors (Lipinski definition) is 5. The molecule has 2 aromatic rings. The number of phenolic OH excluding ortho intramolecular Hbond substituents is 1. The van der Waals surface area contributed by atoms with E-state index in [1.165, 1.54) is 6.07 Å². The van der Waals surface area contributed by atoms with Crippen LogP contribution in [0.1, 0.15) is 38.0 Å². The molecule has 0 bridgehead atoms. The number of ether oxygens (including phenoxy) is 1. The number of aliphatic hydroxyl groups is 1. The first-order chi connectivity index (χ1) is 10.6. The number of carbonyl (C=O) groups is 1. The molecule has 1 atom stereocenters. The van der Waals surface area contributed by atoms with Crippen molar-refractivity contribution in [1.82, 2.24) is 10.3 Å². The van der Waals surface area contributed by atoms with Gasteiger partial charge >= 0.3 is 6.16 Å². The Hall–Kier alpha value is -2.25. The van der Waals surface area contributed by atoms with E-state index in [0.717, 1.165) is 0 Å². The standard InChI is InChI=1S/C16H22N2O5/c1-8-12-9(11(20)7-17-16(2,3)4)5-6-10(19)13(12)18-14(8)23-15(21)22/h5-6,11,17-20H,7H2,1-4H3,(H,21,22). The van der Waals surface area contributed by atoms with Gasteiger partial charge in [-0.3, -0.25) is 0 Å². The van der Waals surface area contributed by atoms with Crippen LogP contribution >= 0.6 is 0 Å². The number of fused-ring (bicyclic) bond motifs is 1. The molecule has 0 aliphatic carbocycles. The summed E-state index contributed by atoms with van der Waals surface area (Å²) in [5.41, 5.74) is 1.29. The van der Waals surface area contributed by atoms with Crippen LogP contribution in [0.15, 0.2) is 12.1 Å². The highest BCUT2D eigenvalue weighted by Gasteiger charge is 2.22. The fraction of sp³-hybridized carbons (Fsp3) is 0.438. The van der Waals surface area contributed by atoms with E-state index in [-0.39, 0.29) is 17.2 Å². The quantitative estimate of drug-likeness (QED) is 0.553. The molecule has 0 spiro atoms. The molecule has 2 rings (SSSR count). The second-order valence-corrected chi connectivity index (χ2v) is 6.52. The zero-order valence-corrected chi connectivity index (χ0v) is 13.6. The second-order valence-electron chi connectivity index (χ2n) is 6.52. The fourth-order valence-electron chi connectivity index (χ4n) is 2.44. The Kier molecular flexibility index (Phi) is 4.53. The van der Waals surface area contributed by atoms with Crippen LogP contribution in [0.5, 0.6) is 11.6 Å². The summed E-state index contributed by atoms with van der Waals surface area (Å²) in [7, 11) is 0. The van der Waals surface area contributed by atoms with Gasteiger partial charge in [0.1, 0.15) is 5.75 Å². The largest absolute Gasteiger partial charge is 0.512 e. The lowest BCUT2D eigenvalue weighted by molar-refractivity contribution is 0.142. The van der Waals surface area contributed by atoms with Gasteiger partial charge in [0.05, 0.1) is 11.6 Å². The van der Waals surface area contributed by atoms with Gasteiger partial charge in [-0.15, -0.1) is 0 Å². The third kappa shape index (κ3) is 3.75. The number of aromatic hydroxyl groups is 1. The molecule has 0 radical (unpaired) electrons. The van der Waals surface area contributed by atoms with Crippen LogP contribution in [-0.2, 0) is 0 Å². The minimum absolute atomic E-state index is 0.0335. The van der Waals surface area contributed by atoms with Crippen LogP contribution in [0.2, 0.25) is 0 Å². The van der Waals surface area contributed by atoms with Gasteiger partial charge in [0.25, 0.3) is 0 Å². The number of carboxylic acid groups (broad SMARTS) is 1. The molecule has 1 heterocycles. The van der Waals surface area contributed by atoms with Crippen molar-refractivity contribution in [2.24, 2.45) is 0 Å². The number of hydrogen-bond donors (Lipinski definition) is 5. The molecule has 0 amide bonds. The molecule has 7 heteroatoms. The summed E-state index contributed by atoms with van der Waals surface area (Å²) in [5, 5.41) is 33.0. The molecule has 126 valence electrons. The molecule has 1 unspecified atom stereocenters. The highest BCUT2D eigenvalue weighted by atomic mass is 16.7. The lowest BCUT2D eigenvalue weighted by Gasteiger charge is -2.23. The molecular formula is C16H22N2O5. The number of aryl methyl sites for hydroxylation is 1. The van der Waals surface area contributed by atoms with Gasteiger partial charge in [-0.1, -0.05) is 6.07 Å². The van der Waals surface area contributed by atoms with Crippen molar-refractivity contribution in [1.29, 1.82) is 0 Å². The lowest BCUT2D eigenvalue weighted by atomic mass is 10.00. The number of aromatic amines is 1. The summed E-state index contributed by atoms with van der Waals surface area (Å²) in [4.78, 5) is 13.5. The Morgan fingerprint density at radius 3 is 2.61 bits per heavy atom. The molecule has 0 saturated heterocycles. The van der Waals surface area contributed by atoms with E-state index < -0.39 is 12.3 Å². The lowest BCUT2D eigenvalue weighted by Crippen LogP contribution is -2.38. The summed E-state index contributed by atoms with van der Waals surface area (Å²) in [6, 6.07) is 3.08. The second kappa shape index (κ2) is 6.10. The van der Waals surface area contributed by atoms with Crippen molar-refractivity contribution in [3.63, 3.8) is 0 Å². The minimum atomic E-state index is -1.45. The first kappa shape index (κ1) is 17.1. The van der Waals surface area contributed by atoms with Crippen molar-refractivity contribution in [3.8, 4) is 11.6 Å². The third-order valence-corrected chi connectivity index (χ3v) is 3.54. The maximum absolute atomic E-state index is 10.8. The number of aromatic nitrogens is 1. The fourth-order valence-corrected chi connectivity index (χ4v) is 2.44. The van der Waals surface area contributed by atoms with E-state index in [9.17, 15) is 15.0 Å². The summed E-state index contributed by atoms with van der Waals surface area (Å²) in [5.74, 6) is -0.00528. The maximum atomic E-state index is 10.8. The van der Waals surface area contributed by atoms with E-state index in [1.54, 1.807) is 13.0 Å². The zero-order valence-electron chi connectivity index (χ0n) is 13.6. The first-order valence-electron chi connectivity index (χ1n) is 7.28. The Labute approximate surface area is 133 Å². The number of benzene rings is 1.